The summed E-state index contributed by atoms with van der Waals surface area (Å²) in [7, 11) is 0. The van der Waals surface area contributed by atoms with Gasteiger partial charge in [-0.05, 0) is 116 Å². The van der Waals surface area contributed by atoms with Crippen molar-refractivity contribution in [2.75, 3.05) is 13.2 Å². The number of hydrogen-bond donors (Lipinski definition) is 0. The van der Waals surface area contributed by atoms with E-state index < -0.39 is 6.10 Å². The summed E-state index contributed by atoms with van der Waals surface area (Å²) in [6.07, 6.45) is 76.5. The van der Waals surface area contributed by atoms with Gasteiger partial charge in [0.1, 0.15) is 13.2 Å². The zero-order chi connectivity index (χ0) is 50.0. The Morgan fingerprint density at radius 2 is 0.580 bits per heavy atom. The smallest absolute Gasteiger partial charge is 0.306 e. The van der Waals surface area contributed by atoms with Crippen LogP contribution in [0.15, 0.2) is 109 Å². The first-order valence-electron chi connectivity index (χ1n) is 28.4. The van der Waals surface area contributed by atoms with Crippen LogP contribution in [-0.4, -0.2) is 37.2 Å². The van der Waals surface area contributed by atoms with Crippen LogP contribution < -0.4 is 0 Å². The van der Waals surface area contributed by atoms with Crippen molar-refractivity contribution in [1.82, 2.24) is 0 Å². The Hall–Kier alpha value is -3.93. The quantitative estimate of drug-likeness (QED) is 0.0262. The molecule has 0 aliphatic heterocycles. The third-order valence-electron chi connectivity index (χ3n) is 11.7. The van der Waals surface area contributed by atoms with Crippen molar-refractivity contribution in [3.05, 3.63) is 109 Å². The summed E-state index contributed by atoms with van der Waals surface area (Å²) in [5.74, 6) is -0.984. The molecule has 0 bridgehead atoms. The maximum atomic E-state index is 12.9. The van der Waals surface area contributed by atoms with Crippen LogP contribution in [0, 0.1) is 0 Å². The van der Waals surface area contributed by atoms with E-state index in [4.69, 9.17) is 14.2 Å². The molecule has 69 heavy (non-hydrogen) atoms. The highest BCUT2D eigenvalue weighted by Crippen LogP contribution is 2.14. The van der Waals surface area contributed by atoms with Crippen molar-refractivity contribution in [3.8, 4) is 0 Å². The Kier molecular flexibility index (Phi) is 53.4. The first-order valence-corrected chi connectivity index (χ1v) is 28.4. The number of esters is 3. The molecule has 0 rings (SSSR count). The molecular weight excluding hydrogens is 853 g/mol. The van der Waals surface area contributed by atoms with Gasteiger partial charge in [0.05, 0.1) is 0 Å². The molecule has 0 saturated carbocycles. The highest BCUT2D eigenvalue weighted by atomic mass is 16.6. The van der Waals surface area contributed by atoms with Gasteiger partial charge in [-0.15, -0.1) is 0 Å². The molecule has 0 aromatic carbocycles. The fraction of sp³-hybridized carbons (Fsp3) is 0.667. The molecule has 6 nitrogen and oxygen atoms in total. The molecule has 0 unspecified atom stereocenters. The molecule has 0 radical (unpaired) electrons. The summed E-state index contributed by atoms with van der Waals surface area (Å²) in [6, 6.07) is 0. The lowest BCUT2D eigenvalue weighted by Crippen LogP contribution is -2.30. The maximum absolute atomic E-state index is 12.9. The normalized spacial score (nSPS) is 12.9. The van der Waals surface area contributed by atoms with E-state index in [-0.39, 0.29) is 37.5 Å². The zero-order valence-corrected chi connectivity index (χ0v) is 44.8. The van der Waals surface area contributed by atoms with Gasteiger partial charge >= 0.3 is 17.9 Å². The molecule has 392 valence electrons. The summed E-state index contributed by atoms with van der Waals surface area (Å²) in [4.78, 5) is 38.1. The number of carbonyl (C=O) groups is 3. The van der Waals surface area contributed by atoms with Gasteiger partial charge in [0.25, 0.3) is 0 Å². The number of ether oxygens (including phenoxy) is 3. The fourth-order valence-electron chi connectivity index (χ4n) is 7.55. The van der Waals surface area contributed by atoms with E-state index in [1.165, 1.54) is 89.9 Å². The first-order chi connectivity index (χ1) is 34.0. The van der Waals surface area contributed by atoms with Gasteiger partial charge in [0.2, 0.25) is 0 Å². The average molecular weight is 958 g/mol. The lowest BCUT2D eigenvalue weighted by atomic mass is 10.1. The van der Waals surface area contributed by atoms with E-state index >= 15 is 0 Å². The first kappa shape index (κ1) is 65.1. The Balaban J connectivity index is 4.49. The van der Waals surface area contributed by atoms with Crippen LogP contribution in [-0.2, 0) is 28.6 Å². The van der Waals surface area contributed by atoms with Gasteiger partial charge in [-0.2, -0.15) is 0 Å². The monoisotopic (exact) mass is 957 g/mol. The molecular formula is C63H104O6. The van der Waals surface area contributed by atoms with Gasteiger partial charge in [0.15, 0.2) is 6.10 Å². The molecule has 0 aromatic rings. The third-order valence-corrected chi connectivity index (χ3v) is 11.7. The Bertz CT molecular complexity index is 1420. The summed E-state index contributed by atoms with van der Waals surface area (Å²) < 4.78 is 16.8. The van der Waals surface area contributed by atoms with E-state index in [0.717, 1.165) is 116 Å². The van der Waals surface area contributed by atoms with Crippen LogP contribution in [0.25, 0.3) is 0 Å². The summed E-state index contributed by atoms with van der Waals surface area (Å²) >= 11 is 0. The zero-order valence-electron chi connectivity index (χ0n) is 44.8. The highest BCUT2D eigenvalue weighted by Gasteiger charge is 2.19. The largest absolute Gasteiger partial charge is 0.462 e. The van der Waals surface area contributed by atoms with Crippen LogP contribution in [0.5, 0.6) is 0 Å². The summed E-state index contributed by atoms with van der Waals surface area (Å²) in [5.41, 5.74) is 0. The van der Waals surface area contributed by atoms with Crippen molar-refractivity contribution in [2.24, 2.45) is 0 Å². The van der Waals surface area contributed by atoms with Crippen molar-refractivity contribution in [1.29, 1.82) is 0 Å². The van der Waals surface area contributed by atoms with E-state index in [9.17, 15) is 14.4 Å². The molecule has 0 spiro atoms. The van der Waals surface area contributed by atoms with Gasteiger partial charge < -0.3 is 14.2 Å². The highest BCUT2D eigenvalue weighted by molar-refractivity contribution is 5.71. The van der Waals surface area contributed by atoms with Crippen LogP contribution in [0.2, 0.25) is 0 Å². The Morgan fingerprint density at radius 3 is 0.957 bits per heavy atom. The van der Waals surface area contributed by atoms with Crippen molar-refractivity contribution in [3.63, 3.8) is 0 Å². The van der Waals surface area contributed by atoms with E-state index in [1.807, 2.05) is 0 Å². The second-order valence-corrected chi connectivity index (χ2v) is 18.4. The summed E-state index contributed by atoms with van der Waals surface area (Å²) in [5, 5.41) is 0. The number of allylic oxidation sites excluding steroid dienone is 18. The van der Waals surface area contributed by atoms with Gasteiger partial charge in [-0.25, -0.2) is 0 Å². The van der Waals surface area contributed by atoms with Gasteiger partial charge in [-0.1, -0.05) is 226 Å². The van der Waals surface area contributed by atoms with Gasteiger partial charge in [0, 0.05) is 19.3 Å². The molecule has 0 fully saturated rings. The standard InChI is InChI=1S/C63H104O6/c1-4-7-10-13-16-19-22-25-28-30-31-33-36-39-42-45-48-51-54-57-63(66)69-60(58-67-61(64)55-52-49-46-43-40-37-34-27-24-21-18-15-12-9-6-3)59-68-62(65)56-53-50-47-44-41-38-35-32-29-26-23-20-17-14-11-8-5-2/h8-9,11-12,17-18,20-21,25-29,34-35,38,44,47,60H,4-7,10,13-16,19,22-24,30-33,36-37,39-43,45-46,48-59H2,1-3H3/b11-8-,12-9-,20-17-,21-18-,28-25-,29-26-,34-27-,38-35-,47-44-/t60-/m0/s1. The lowest BCUT2D eigenvalue weighted by Gasteiger charge is -2.18. The average Bonchev–Trinajstić information content (AvgIpc) is 3.35. The maximum Gasteiger partial charge on any atom is 0.306 e. The van der Waals surface area contributed by atoms with Gasteiger partial charge in [-0.3, -0.25) is 14.4 Å². The molecule has 1 atom stereocenters. The predicted molar refractivity (Wildman–Crippen MR) is 297 cm³/mol. The molecule has 0 N–H and O–H groups in total. The molecule has 0 aliphatic carbocycles. The number of unbranched alkanes of at least 4 members (excludes halogenated alkanes) is 21. The van der Waals surface area contributed by atoms with Crippen LogP contribution in [0.4, 0.5) is 0 Å². The minimum atomic E-state index is -0.811. The third kappa shape index (κ3) is 54.9. The van der Waals surface area contributed by atoms with Crippen molar-refractivity contribution < 1.29 is 28.6 Å². The molecule has 0 amide bonds. The van der Waals surface area contributed by atoms with E-state index in [2.05, 4.69) is 130 Å². The fourth-order valence-corrected chi connectivity index (χ4v) is 7.55. The number of hydrogen-bond acceptors (Lipinski definition) is 6. The minimum absolute atomic E-state index is 0.107. The lowest BCUT2D eigenvalue weighted by molar-refractivity contribution is -0.167. The Labute approximate surface area is 425 Å². The van der Waals surface area contributed by atoms with Crippen LogP contribution in [0.1, 0.15) is 252 Å². The van der Waals surface area contributed by atoms with Crippen LogP contribution in [0.3, 0.4) is 0 Å². The number of rotatable bonds is 50. The van der Waals surface area contributed by atoms with E-state index in [1.54, 1.807) is 0 Å². The van der Waals surface area contributed by atoms with Crippen LogP contribution >= 0.6 is 0 Å². The summed E-state index contributed by atoms with van der Waals surface area (Å²) in [6.45, 7) is 6.35. The molecule has 6 heteroatoms. The molecule has 0 saturated heterocycles. The molecule has 0 aliphatic rings. The molecule has 0 aromatic heterocycles. The van der Waals surface area contributed by atoms with E-state index in [0.29, 0.717) is 19.3 Å². The second-order valence-electron chi connectivity index (χ2n) is 18.4. The second kappa shape index (κ2) is 56.7. The minimum Gasteiger partial charge on any atom is -0.462 e. The SMILES string of the molecule is CC/C=C\C/C=C\C/C=C\C/C=C\C/C=C\CCCC(=O)OC[C@H](COC(=O)CCCCCCC/C=C\C/C=C\C/C=C\CC)OC(=O)CCCCCCCCCCC/C=C\CCCCCCCC. The van der Waals surface area contributed by atoms with Crippen molar-refractivity contribution in [2.45, 2.75) is 258 Å². The van der Waals surface area contributed by atoms with Crippen molar-refractivity contribution >= 4 is 17.9 Å². The predicted octanol–water partition coefficient (Wildman–Crippen LogP) is 19.1. The number of carbonyl (C=O) groups excluding carboxylic acids is 3. The topological polar surface area (TPSA) is 78.9 Å². The molecule has 0 heterocycles. The Morgan fingerprint density at radius 1 is 0.304 bits per heavy atom.